The van der Waals surface area contributed by atoms with Crippen molar-refractivity contribution in [1.82, 2.24) is 0 Å². The van der Waals surface area contributed by atoms with E-state index in [1.165, 1.54) is 0 Å². The smallest absolute Gasteiger partial charge is 1.00 e. The summed E-state index contributed by atoms with van der Waals surface area (Å²) in [5, 5.41) is 0. The van der Waals surface area contributed by atoms with E-state index in [4.69, 9.17) is 36.7 Å². The van der Waals surface area contributed by atoms with E-state index in [9.17, 15) is 0 Å². The molecular formula is H18AlCaMgNaO10SSiZn. The minimum absolute atomic E-state index is 0. The summed E-state index contributed by atoms with van der Waals surface area (Å²) in [6, 6.07) is 0. The molecule has 0 rings (SSSR count). The molecule has 0 aliphatic heterocycles. The fourth-order valence-corrected chi connectivity index (χ4v) is 0. The molecule has 0 aromatic heterocycles. The summed E-state index contributed by atoms with van der Waals surface area (Å²) in [7, 11) is -9.28. The van der Waals surface area contributed by atoms with Crippen LogP contribution in [0.3, 0.4) is 0 Å². The van der Waals surface area contributed by atoms with E-state index in [2.05, 4.69) is 0 Å². The standard InChI is InChI=1S/Al.Ca.Mg.Na.H2O4S.H4O4Si.2H2O.Zn.8H/c;;;;2*1-5(2,3)4;;;;;;;;;;;/h;;;;(H2,1,2,3,4);1-4H;2*1H2;;;;;;;;;/q;2*+2;+1;;;;;;;;;5*-1. The molecule has 0 amide bonds. The third kappa shape index (κ3) is 401. The normalized spacial score (nSPS) is 6.94. The molecule has 0 fully saturated rings. The van der Waals surface area contributed by atoms with Gasteiger partial charge in [0.15, 0.2) is 17.4 Å². The van der Waals surface area contributed by atoms with Gasteiger partial charge in [0.2, 0.25) is 0 Å². The van der Waals surface area contributed by atoms with Crippen LogP contribution in [-0.2, 0) is 29.9 Å². The van der Waals surface area contributed by atoms with Crippen LogP contribution in [-0.4, -0.2) is 135 Å². The minimum Gasteiger partial charge on any atom is -1.00 e. The van der Waals surface area contributed by atoms with E-state index in [1.54, 1.807) is 0 Å². The van der Waals surface area contributed by atoms with Gasteiger partial charge in [-0.05, 0) is 0 Å². The van der Waals surface area contributed by atoms with E-state index >= 15 is 0 Å². The van der Waals surface area contributed by atoms with Crippen molar-refractivity contribution in [2.24, 2.45) is 0 Å². The molecule has 0 aromatic rings. The molecule has 0 heterocycles. The predicted molar refractivity (Wildman–Crippen MR) is 63.0 cm³/mol. The number of rotatable bonds is 0. The number of hydrogen-bond acceptors (Lipinski definition) is 6. The molecule has 0 unspecified atom stereocenters. The molecule has 10 nitrogen and oxygen atoms in total. The Morgan fingerprint density at radius 1 is 0.941 bits per heavy atom. The molecule has 10 N–H and O–H groups in total. The van der Waals surface area contributed by atoms with Crippen LogP contribution in [0.25, 0.3) is 0 Å². The average Bonchev–Trinajstić information content (AvgIpc) is 1.12. The van der Waals surface area contributed by atoms with E-state index in [1.807, 2.05) is 0 Å². The Hall–Kier alpha value is 4.03. The molecule has 0 atom stereocenters. The van der Waals surface area contributed by atoms with Gasteiger partial charge in [0.25, 0.3) is 0 Å². The Kier molecular flexibility index (Phi) is 96.8. The topological polar surface area (TPSA) is 219 Å². The van der Waals surface area contributed by atoms with Crippen molar-refractivity contribution in [3.05, 3.63) is 0 Å². The monoisotopic (exact) mass is 416 g/mol. The van der Waals surface area contributed by atoms with Gasteiger partial charge in [-0.3, -0.25) is 9.11 Å². The first-order chi connectivity index (χ1) is 4.00. The van der Waals surface area contributed by atoms with Crippen molar-refractivity contribution < 1.29 is 104 Å². The molecule has 17 heteroatoms. The van der Waals surface area contributed by atoms with Gasteiger partial charge in [-0.1, -0.05) is 0 Å². The second-order valence-corrected chi connectivity index (χ2v) is 3.14. The largest absolute Gasteiger partial charge is 2.00 e. The third-order valence-electron chi connectivity index (χ3n) is 0. The molecule has 0 saturated carbocycles. The van der Waals surface area contributed by atoms with Gasteiger partial charge < -0.3 is 37.3 Å². The molecule has 0 aliphatic rings. The van der Waals surface area contributed by atoms with Crippen molar-refractivity contribution in [2.45, 2.75) is 0 Å². The second-order valence-electron chi connectivity index (χ2n) is 1.05. The Morgan fingerprint density at radius 2 is 0.941 bits per heavy atom. The molecule has 0 radical (unpaired) electrons. The summed E-state index contributed by atoms with van der Waals surface area (Å²) < 4.78 is 31.6. The molecule has 17 heavy (non-hydrogen) atoms. The summed E-state index contributed by atoms with van der Waals surface area (Å²) in [6.07, 6.45) is 0. The van der Waals surface area contributed by atoms with Crippen LogP contribution in [0.2, 0.25) is 0 Å². The SMILES string of the molecule is O.O.O=S(=O)(O)O.O[Si](O)(O)O.[AlH3].[Ca+2].[H-].[H-].[H-].[H-].[H-].[Mg+2].[Na+].[Zn]. The molecule has 0 bridgehead atoms. The molecule has 0 spiro atoms. The van der Waals surface area contributed by atoms with Crippen LogP contribution in [0.15, 0.2) is 0 Å². The Bertz CT molecular complexity index is 188. The van der Waals surface area contributed by atoms with Gasteiger partial charge in [-0.25, -0.2) is 0 Å². The maximum Gasteiger partial charge on any atom is 2.00 e. The number of hydrogen-bond donors (Lipinski definition) is 6. The maximum atomic E-state index is 8.74. The van der Waals surface area contributed by atoms with Crippen molar-refractivity contribution in [3.63, 3.8) is 0 Å². The molecule has 0 aliphatic carbocycles. The van der Waals surface area contributed by atoms with E-state index in [-0.39, 0.29) is 145 Å². The Morgan fingerprint density at radius 3 is 0.941 bits per heavy atom. The summed E-state index contributed by atoms with van der Waals surface area (Å²) in [6.45, 7) is 0. The van der Waals surface area contributed by atoms with Crippen LogP contribution in [0.4, 0.5) is 0 Å². The average molecular weight is 418 g/mol. The Balaban J connectivity index is -0.00000000314. The van der Waals surface area contributed by atoms with Gasteiger partial charge in [-0.2, -0.15) is 8.42 Å². The quantitative estimate of drug-likeness (QED) is 0.163. The maximum absolute atomic E-state index is 8.74. The molecule has 0 saturated heterocycles. The first-order valence-electron chi connectivity index (χ1n) is 1.59. The third-order valence-corrected chi connectivity index (χ3v) is 0. The summed E-state index contributed by atoms with van der Waals surface area (Å²) in [4.78, 5) is 29.3. The Labute approximate surface area is 198 Å². The van der Waals surface area contributed by atoms with Crippen LogP contribution >= 0.6 is 0 Å². The fourth-order valence-electron chi connectivity index (χ4n) is 0. The van der Waals surface area contributed by atoms with E-state index in [0.29, 0.717) is 0 Å². The molecular weight excluding hydrogens is 400 g/mol. The van der Waals surface area contributed by atoms with Crippen molar-refractivity contribution in [2.75, 3.05) is 0 Å². The van der Waals surface area contributed by atoms with E-state index in [0.717, 1.165) is 0 Å². The first kappa shape index (κ1) is 58.3. The van der Waals surface area contributed by atoms with Gasteiger partial charge in [0.05, 0.1) is 0 Å². The van der Waals surface area contributed by atoms with Gasteiger partial charge in [0, 0.05) is 19.5 Å². The fraction of sp³-hybridized carbons (Fsp3) is 0. The minimum atomic E-state index is -4.67. The van der Waals surface area contributed by atoms with Gasteiger partial charge in [-0.15, -0.1) is 0 Å². The van der Waals surface area contributed by atoms with Crippen molar-refractivity contribution in [3.8, 4) is 0 Å². The second kappa shape index (κ2) is 28.2. The van der Waals surface area contributed by atoms with Gasteiger partial charge >= 0.3 is 110 Å². The zero-order chi connectivity index (χ0) is 9.00. The van der Waals surface area contributed by atoms with Crippen molar-refractivity contribution >= 4 is 97.6 Å². The molecule has 0 aromatic carbocycles. The van der Waals surface area contributed by atoms with Gasteiger partial charge in [0.1, 0.15) is 0 Å². The van der Waals surface area contributed by atoms with Crippen molar-refractivity contribution in [1.29, 1.82) is 0 Å². The molecule has 98 valence electrons. The summed E-state index contributed by atoms with van der Waals surface area (Å²) >= 11 is 0. The summed E-state index contributed by atoms with van der Waals surface area (Å²) in [5.41, 5.74) is 0. The first-order valence-corrected chi connectivity index (χ1v) is 4.78. The van der Waals surface area contributed by atoms with Crippen LogP contribution in [0, 0.1) is 0 Å². The zero-order valence-electron chi connectivity index (χ0n) is 13.5. The van der Waals surface area contributed by atoms with Crippen LogP contribution < -0.4 is 29.6 Å². The van der Waals surface area contributed by atoms with Crippen LogP contribution in [0.5, 0.6) is 0 Å². The predicted octanol–water partition coefficient (Wildman–Crippen LogP) is -9.29. The van der Waals surface area contributed by atoms with Crippen LogP contribution in [0.1, 0.15) is 7.13 Å². The zero-order valence-corrected chi connectivity index (χ0v) is 18.9. The summed E-state index contributed by atoms with van der Waals surface area (Å²) in [5.74, 6) is 0. The van der Waals surface area contributed by atoms with E-state index < -0.39 is 19.4 Å².